The van der Waals surface area contributed by atoms with Gasteiger partial charge >= 0.3 is 11.9 Å². The van der Waals surface area contributed by atoms with Gasteiger partial charge in [-0.05, 0) is 35.0 Å². The van der Waals surface area contributed by atoms with E-state index in [1.165, 1.54) is 13.2 Å². The van der Waals surface area contributed by atoms with Crippen molar-refractivity contribution in [2.24, 2.45) is 0 Å². The van der Waals surface area contributed by atoms with E-state index in [4.69, 9.17) is 9.84 Å². The van der Waals surface area contributed by atoms with E-state index in [9.17, 15) is 9.59 Å². The van der Waals surface area contributed by atoms with Crippen molar-refractivity contribution >= 4 is 33.9 Å². The van der Waals surface area contributed by atoms with Gasteiger partial charge in [0.05, 0.1) is 11.6 Å². The molecular weight excluding hydrogens is 316 g/mol. The van der Waals surface area contributed by atoms with E-state index >= 15 is 0 Å². The summed E-state index contributed by atoms with van der Waals surface area (Å²) in [5.41, 5.74) is 0.549. The molecule has 0 saturated heterocycles. The lowest BCUT2D eigenvalue weighted by atomic mass is 10.2. The first-order valence-electron chi connectivity index (χ1n) is 5.39. The Morgan fingerprint density at radius 3 is 2.68 bits per heavy atom. The van der Waals surface area contributed by atoms with Crippen molar-refractivity contribution in [1.82, 2.24) is 0 Å². The Hall–Kier alpha value is -1.82. The van der Waals surface area contributed by atoms with Crippen LogP contribution >= 0.6 is 15.9 Å². The monoisotopic (exact) mass is 328 g/mol. The highest BCUT2D eigenvalue weighted by Gasteiger charge is 2.17. The van der Waals surface area contributed by atoms with E-state index in [0.29, 0.717) is 15.8 Å². The second kappa shape index (κ2) is 6.94. The van der Waals surface area contributed by atoms with Crippen molar-refractivity contribution in [2.75, 3.05) is 7.11 Å². The molecule has 0 amide bonds. The van der Waals surface area contributed by atoms with Crippen molar-refractivity contribution in [2.45, 2.75) is 13.0 Å². The Bertz CT molecular complexity index is 510. The van der Waals surface area contributed by atoms with Crippen LogP contribution in [0.1, 0.15) is 12.5 Å². The highest BCUT2D eigenvalue weighted by Crippen LogP contribution is 2.31. The molecule has 6 heteroatoms. The standard InChI is InChI=1S/C13H13BrO5/c1-8(13(17)18-2)19-12-9(6-7-11(15)16)4-3-5-10(12)14/h3-8H,1-2H3,(H,15,16)/b7-6+. The molecule has 1 aromatic rings. The largest absolute Gasteiger partial charge is 0.478 e. The highest BCUT2D eigenvalue weighted by molar-refractivity contribution is 9.10. The normalized spacial score (nSPS) is 12.2. The van der Waals surface area contributed by atoms with Crippen molar-refractivity contribution in [1.29, 1.82) is 0 Å². The number of halogens is 1. The number of para-hydroxylation sites is 1. The molecule has 0 spiro atoms. The van der Waals surface area contributed by atoms with Gasteiger partial charge in [0.1, 0.15) is 5.75 Å². The van der Waals surface area contributed by atoms with Crippen LogP contribution in [-0.4, -0.2) is 30.3 Å². The van der Waals surface area contributed by atoms with E-state index in [2.05, 4.69) is 20.7 Å². The summed E-state index contributed by atoms with van der Waals surface area (Å²) < 4.78 is 10.7. The van der Waals surface area contributed by atoms with Crippen LogP contribution in [0.25, 0.3) is 6.08 Å². The Balaban J connectivity index is 3.04. The smallest absolute Gasteiger partial charge is 0.346 e. The lowest BCUT2D eigenvalue weighted by Crippen LogP contribution is -2.25. The van der Waals surface area contributed by atoms with Gasteiger partial charge in [0.25, 0.3) is 0 Å². The summed E-state index contributed by atoms with van der Waals surface area (Å²) in [7, 11) is 1.27. The molecule has 102 valence electrons. The lowest BCUT2D eigenvalue weighted by molar-refractivity contribution is -0.148. The fraction of sp³-hybridized carbons (Fsp3) is 0.231. The molecule has 5 nitrogen and oxygen atoms in total. The van der Waals surface area contributed by atoms with Crippen LogP contribution < -0.4 is 4.74 Å². The predicted molar refractivity (Wildman–Crippen MR) is 72.9 cm³/mol. The number of carbonyl (C=O) groups is 2. The minimum Gasteiger partial charge on any atom is -0.478 e. The average molecular weight is 329 g/mol. The summed E-state index contributed by atoms with van der Waals surface area (Å²) in [5, 5.41) is 8.63. The summed E-state index contributed by atoms with van der Waals surface area (Å²) >= 11 is 3.30. The van der Waals surface area contributed by atoms with Gasteiger partial charge in [0.2, 0.25) is 0 Å². The molecule has 1 rings (SSSR count). The van der Waals surface area contributed by atoms with Crippen LogP contribution in [0.2, 0.25) is 0 Å². The van der Waals surface area contributed by atoms with Crippen LogP contribution in [0.5, 0.6) is 5.75 Å². The van der Waals surface area contributed by atoms with Crippen LogP contribution in [0.15, 0.2) is 28.7 Å². The van der Waals surface area contributed by atoms with Gasteiger partial charge in [-0.1, -0.05) is 12.1 Å². The molecule has 1 atom stereocenters. The van der Waals surface area contributed by atoms with Gasteiger partial charge in [0.15, 0.2) is 6.10 Å². The SMILES string of the molecule is COC(=O)C(C)Oc1c(Br)cccc1/C=C/C(=O)O. The predicted octanol–water partition coefficient (Wildman–Crippen LogP) is 2.49. The lowest BCUT2D eigenvalue weighted by Gasteiger charge is -2.15. The third-order valence-electron chi connectivity index (χ3n) is 2.23. The first-order valence-corrected chi connectivity index (χ1v) is 6.19. The van der Waals surface area contributed by atoms with Gasteiger partial charge in [-0.3, -0.25) is 0 Å². The Labute approximate surface area is 119 Å². The maximum absolute atomic E-state index is 11.3. The maximum Gasteiger partial charge on any atom is 0.346 e. The number of esters is 1. The van der Waals surface area contributed by atoms with E-state index in [1.54, 1.807) is 25.1 Å². The number of benzene rings is 1. The zero-order valence-electron chi connectivity index (χ0n) is 10.4. The summed E-state index contributed by atoms with van der Waals surface area (Å²) in [6, 6.07) is 5.16. The molecular formula is C13H13BrO5. The highest BCUT2D eigenvalue weighted by atomic mass is 79.9. The molecule has 0 radical (unpaired) electrons. The molecule has 0 heterocycles. The number of carboxylic acids is 1. The fourth-order valence-corrected chi connectivity index (χ4v) is 1.81. The summed E-state index contributed by atoms with van der Waals surface area (Å²) in [6.45, 7) is 1.55. The quantitative estimate of drug-likeness (QED) is 0.664. The second-order valence-electron chi connectivity index (χ2n) is 3.61. The van der Waals surface area contributed by atoms with E-state index < -0.39 is 18.0 Å². The topological polar surface area (TPSA) is 72.8 Å². The molecule has 0 bridgehead atoms. The number of hydrogen-bond acceptors (Lipinski definition) is 4. The molecule has 0 aromatic heterocycles. The van der Waals surface area contributed by atoms with Crippen molar-refractivity contribution in [3.05, 3.63) is 34.3 Å². The zero-order chi connectivity index (χ0) is 14.4. The minimum atomic E-state index is -1.06. The first kappa shape index (κ1) is 15.2. The Morgan fingerprint density at radius 2 is 2.11 bits per heavy atom. The van der Waals surface area contributed by atoms with E-state index in [-0.39, 0.29) is 0 Å². The fourth-order valence-electron chi connectivity index (χ4n) is 1.33. The molecule has 0 aliphatic heterocycles. The molecule has 1 aromatic carbocycles. The van der Waals surface area contributed by atoms with Crippen molar-refractivity contribution in [3.8, 4) is 5.75 Å². The second-order valence-corrected chi connectivity index (χ2v) is 4.47. The van der Waals surface area contributed by atoms with Crippen LogP contribution in [-0.2, 0) is 14.3 Å². The number of carboxylic acid groups (broad SMARTS) is 1. The maximum atomic E-state index is 11.3. The summed E-state index contributed by atoms with van der Waals surface area (Å²) in [6.07, 6.45) is 1.60. The van der Waals surface area contributed by atoms with Gasteiger partial charge in [-0.2, -0.15) is 0 Å². The van der Waals surface area contributed by atoms with Gasteiger partial charge in [0, 0.05) is 11.6 Å². The third-order valence-corrected chi connectivity index (χ3v) is 2.86. The Kier molecular flexibility index (Phi) is 5.57. The number of methoxy groups -OCH3 is 1. The number of aliphatic carboxylic acids is 1. The Morgan fingerprint density at radius 1 is 1.42 bits per heavy atom. The number of ether oxygens (including phenoxy) is 2. The number of carbonyl (C=O) groups excluding carboxylic acids is 1. The first-order chi connectivity index (χ1) is 8.95. The third kappa shape index (κ3) is 4.40. The van der Waals surface area contributed by atoms with Crippen molar-refractivity contribution in [3.63, 3.8) is 0 Å². The van der Waals surface area contributed by atoms with Crippen molar-refractivity contribution < 1.29 is 24.2 Å². The molecule has 1 unspecified atom stereocenters. The molecule has 1 N–H and O–H groups in total. The average Bonchev–Trinajstić information content (AvgIpc) is 2.38. The molecule has 0 saturated carbocycles. The number of hydrogen-bond donors (Lipinski definition) is 1. The van der Waals surface area contributed by atoms with Crippen LogP contribution in [0.3, 0.4) is 0 Å². The summed E-state index contributed by atoms with van der Waals surface area (Å²) in [5.74, 6) is -1.19. The molecule has 0 aliphatic rings. The van der Waals surface area contributed by atoms with Gasteiger partial charge in [-0.15, -0.1) is 0 Å². The van der Waals surface area contributed by atoms with Crippen LogP contribution in [0.4, 0.5) is 0 Å². The molecule has 0 fully saturated rings. The molecule has 19 heavy (non-hydrogen) atoms. The zero-order valence-corrected chi connectivity index (χ0v) is 12.0. The minimum absolute atomic E-state index is 0.387. The summed E-state index contributed by atoms with van der Waals surface area (Å²) in [4.78, 5) is 21.9. The van der Waals surface area contributed by atoms with E-state index in [0.717, 1.165) is 6.08 Å². The van der Waals surface area contributed by atoms with Gasteiger partial charge < -0.3 is 14.6 Å². The van der Waals surface area contributed by atoms with Gasteiger partial charge in [-0.25, -0.2) is 9.59 Å². The number of rotatable bonds is 5. The van der Waals surface area contributed by atoms with Crippen LogP contribution in [0, 0.1) is 0 Å². The van der Waals surface area contributed by atoms with E-state index in [1.807, 2.05) is 0 Å². The molecule has 0 aliphatic carbocycles.